The quantitative estimate of drug-likeness (QED) is 0.728. The molecule has 0 aliphatic carbocycles. The number of piperidine rings is 1. The molecule has 2 aliphatic heterocycles. The predicted molar refractivity (Wildman–Crippen MR) is 81.2 cm³/mol. The van der Waals surface area contributed by atoms with E-state index in [2.05, 4.69) is 22.2 Å². The van der Waals surface area contributed by atoms with Gasteiger partial charge in [0.1, 0.15) is 0 Å². The number of rotatable bonds is 5. The second-order valence-corrected chi connectivity index (χ2v) is 6.57. The molecule has 21 heavy (non-hydrogen) atoms. The van der Waals surface area contributed by atoms with Crippen LogP contribution in [-0.4, -0.2) is 85.4 Å². The molecule has 1 atom stereocenters. The van der Waals surface area contributed by atoms with Gasteiger partial charge in [0.25, 0.3) is 0 Å². The third kappa shape index (κ3) is 5.21. The molecule has 6 nitrogen and oxygen atoms in total. The third-order valence-corrected chi connectivity index (χ3v) is 4.46. The van der Waals surface area contributed by atoms with E-state index in [-0.39, 0.29) is 17.9 Å². The number of ether oxygens (including phenoxy) is 1. The zero-order chi connectivity index (χ0) is 15.3. The highest BCUT2D eigenvalue weighted by Crippen LogP contribution is 2.24. The number of hydrogen-bond acceptors (Lipinski definition) is 5. The Morgan fingerprint density at radius 2 is 1.90 bits per heavy atom. The summed E-state index contributed by atoms with van der Waals surface area (Å²) in [6, 6.07) is 0. The second-order valence-electron chi connectivity index (χ2n) is 6.57. The number of morpholine rings is 1. The van der Waals surface area contributed by atoms with Crippen LogP contribution in [-0.2, 0) is 9.53 Å². The van der Waals surface area contributed by atoms with E-state index in [1.54, 1.807) is 6.92 Å². The standard InChI is InChI=1S/C15H29N3O3/c1-13(19)11-14(20)16-15(3-5-17(2)6-4-15)12-18-7-9-21-10-8-18/h13,19H,3-12H2,1-2H3,(H,16,20). The molecule has 0 saturated carbocycles. The molecule has 6 heteroatoms. The van der Waals surface area contributed by atoms with Crippen LogP contribution < -0.4 is 5.32 Å². The minimum Gasteiger partial charge on any atom is -0.393 e. The van der Waals surface area contributed by atoms with Gasteiger partial charge in [0.2, 0.25) is 5.91 Å². The summed E-state index contributed by atoms with van der Waals surface area (Å²) < 4.78 is 5.40. The Labute approximate surface area is 127 Å². The van der Waals surface area contributed by atoms with E-state index in [4.69, 9.17) is 4.74 Å². The first-order chi connectivity index (χ1) is 9.99. The van der Waals surface area contributed by atoms with Crippen LogP contribution in [0.2, 0.25) is 0 Å². The van der Waals surface area contributed by atoms with Crippen molar-refractivity contribution in [2.75, 3.05) is 53.0 Å². The van der Waals surface area contributed by atoms with E-state index in [0.717, 1.165) is 58.8 Å². The first kappa shape index (κ1) is 16.7. The summed E-state index contributed by atoms with van der Waals surface area (Å²) in [5, 5.41) is 12.6. The summed E-state index contributed by atoms with van der Waals surface area (Å²) >= 11 is 0. The summed E-state index contributed by atoms with van der Waals surface area (Å²) in [4.78, 5) is 16.8. The number of hydrogen-bond donors (Lipinski definition) is 2. The highest BCUT2D eigenvalue weighted by atomic mass is 16.5. The Bertz CT molecular complexity index is 335. The highest BCUT2D eigenvalue weighted by molar-refractivity contribution is 5.77. The van der Waals surface area contributed by atoms with Gasteiger partial charge >= 0.3 is 0 Å². The number of aliphatic hydroxyl groups excluding tert-OH is 1. The number of amides is 1. The van der Waals surface area contributed by atoms with Gasteiger partial charge in [-0.25, -0.2) is 0 Å². The predicted octanol–water partition coefficient (Wildman–Crippen LogP) is -0.330. The van der Waals surface area contributed by atoms with Crippen molar-refractivity contribution < 1.29 is 14.6 Å². The maximum Gasteiger partial charge on any atom is 0.223 e. The molecule has 0 radical (unpaired) electrons. The van der Waals surface area contributed by atoms with Crippen molar-refractivity contribution in [3.8, 4) is 0 Å². The number of carbonyl (C=O) groups is 1. The van der Waals surface area contributed by atoms with Crippen molar-refractivity contribution in [2.24, 2.45) is 0 Å². The lowest BCUT2D eigenvalue weighted by molar-refractivity contribution is -0.125. The topological polar surface area (TPSA) is 65.0 Å². The number of nitrogens with zero attached hydrogens (tertiary/aromatic N) is 2. The number of likely N-dealkylation sites (tertiary alicyclic amines) is 1. The largest absolute Gasteiger partial charge is 0.393 e. The summed E-state index contributed by atoms with van der Waals surface area (Å²) in [7, 11) is 2.12. The molecule has 2 aliphatic rings. The smallest absolute Gasteiger partial charge is 0.223 e. The summed E-state index contributed by atoms with van der Waals surface area (Å²) in [5.74, 6) is -0.0391. The van der Waals surface area contributed by atoms with Gasteiger partial charge in [-0.15, -0.1) is 0 Å². The van der Waals surface area contributed by atoms with Gasteiger partial charge < -0.3 is 20.1 Å². The number of aliphatic hydroxyl groups is 1. The zero-order valence-electron chi connectivity index (χ0n) is 13.3. The van der Waals surface area contributed by atoms with Crippen LogP contribution in [0.5, 0.6) is 0 Å². The van der Waals surface area contributed by atoms with Crippen molar-refractivity contribution in [1.82, 2.24) is 15.1 Å². The molecule has 0 spiro atoms. The molecule has 2 rings (SSSR count). The van der Waals surface area contributed by atoms with E-state index >= 15 is 0 Å². The maximum atomic E-state index is 12.1. The van der Waals surface area contributed by atoms with E-state index in [1.165, 1.54) is 0 Å². The first-order valence-corrected chi connectivity index (χ1v) is 7.97. The van der Waals surface area contributed by atoms with Crippen LogP contribution in [0.4, 0.5) is 0 Å². The van der Waals surface area contributed by atoms with Gasteiger partial charge in [-0.3, -0.25) is 9.69 Å². The lowest BCUT2D eigenvalue weighted by Crippen LogP contribution is -2.61. The van der Waals surface area contributed by atoms with Crippen LogP contribution in [0.25, 0.3) is 0 Å². The van der Waals surface area contributed by atoms with Crippen molar-refractivity contribution in [3.63, 3.8) is 0 Å². The number of carbonyl (C=O) groups excluding carboxylic acids is 1. The molecule has 2 fully saturated rings. The number of nitrogens with one attached hydrogen (secondary N) is 1. The first-order valence-electron chi connectivity index (χ1n) is 7.97. The molecule has 2 heterocycles. The van der Waals surface area contributed by atoms with Crippen LogP contribution in [0.1, 0.15) is 26.2 Å². The van der Waals surface area contributed by atoms with Gasteiger partial charge in [0.15, 0.2) is 0 Å². The molecule has 0 aromatic carbocycles. The summed E-state index contributed by atoms with van der Waals surface area (Å²) in [6.45, 7) is 7.96. The van der Waals surface area contributed by atoms with Gasteiger partial charge in [0, 0.05) is 32.7 Å². The van der Waals surface area contributed by atoms with E-state index in [0.29, 0.717) is 0 Å². The fourth-order valence-electron chi connectivity index (χ4n) is 3.17. The highest BCUT2D eigenvalue weighted by Gasteiger charge is 2.37. The maximum absolute atomic E-state index is 12.1. The summed E-state index contributed by atoms with van der Waals surface area (Å²) in [6.07, 6.45) is 1.52. The van der Waals surface area contributed by atoms with Crippen LogP contribution in [0.15, 0.2) is 0 Å². The monoisotopic (exact) mass is 299 g/mol. The van der Waals surface area contributed by atoms with Crippen molar-refractivity contribution in [2.45, 2.75) is 37.8 Å². The van der Waals surface area contributed by atoms with Crippen molar-refractivity contribution in [1.29, 1.82) is 0 Å². The minimum absolute atomic E-state index is 0.0391. The van der Waals surface area contributed by atoms with Crippen LogP contribution in [0.3, 0.4) is 0 Å². The lowest BCUT2D eigenvalue weighted by atomic mass is 9.86. The van der Waals surface area contributed by atoms with Crippen LogP contribution >= 0.6 is 0 Å². The zero-order valence-corrected chi connectivity index (χ0v) is 13.3. The molecule has 1 unspecified atom stereocenters. The minimum atomic E-state index is -0.586. The Kier molecular flexibility index (Phi) is 5.98. The molecule has 0 aromatic rings. The Morgan fingerprint density at radius 3 is 2.48 bits per heavy atom. The average Bonchev–Trinajstić information content (AvgIpc) is 2.42. The molecule has 122 valence electrons. The molecule has 0 bridgehead atoms. The molecular weight excluding hydrogens is 270 g/mol. The molecule has 2 saturated heterocycles. The Hall–Kier alpha value is -0.690. The Morgan fingerprint density at radius 1 is 1.29 bits per heavy atom. The van der Waals surface area contributed by atoms with Crippen molar-refractivity contribution in [3.05, 3.63) is 0 Å². The van der Waals surface area contributed by atoms with E-state index < -0.39 is 6.10 Å². The van der Waals surface area contributed by atoms with Gasteiger partial charge in [0.05, 0.1) is 31.3 Å². The normalized spacial score (nSPS) is 25.5. The average molecular weight is 299 g/mol. The molecule has 1 amide bonds. The van der Waals surface area contributed by atoms with Gasteiger partial charge in [-0.2, -0.15) is 0 Å². The second kappa shape index (κ2) is 7.54. The molecule has 0 aromatic heterocycles. The molecular formula is C15H29N3O3. The fourth-order valence-corrected chi connectivity index (χ4v) is 3.17. The third-order valence-electron chi connectivity index (χ3n) is 4.46. The van der Waals surface area contributed by atoms with E-state index in [9.17, 15) is 9.90 Å². The van der Waals surface area contributed by atoms with E-state index in [1.807, 2.05) is 0 Å². The fraction of sp³-hybridized carbons (Fsp3) is 0.933. The SMILES string of the molecule is CC(O)CC(=O)NC1(CN2CCOCC2)CCN(C)CC1. The Balaban J connectivity index is 1.97. The molecule has 2 N–H and O–H groups in total. The van der Waals surface area contributed by atoms with Crippen molar-refractivity contribution >= 4 is 5.91 Å². The van der Waals surface area contributed by atoms with Gasteiger partial charge in [-0.05, 0) is 26.8 Å². The van der Waals surface area contributed by atoms with Crippen LogP contribution in [0, 0.1) is 0 Å². The lowest BCUT2D eigenvalue weighted by Gasteiger charge is -2.45. The van der Waals surface area contributed by atoms with Gasteiger partial charge in [-0.1, -0.05) is 0 Å². The summed E-state index contributed by atoms with van der Waals surface area (Å²) in [5.41, 5.74) is -0.157.